The summed E-state index contributed by atoms with van der Waals surface area (Å²) in [5, 5.41) is 4.19. The molecule has 7 heteroatoms. The van der Waals surface area contributed by atoms with E-state index in [9.17, 15) is 9.59 Å². The molecule has 1 aliphatic rings. The lowest BCUT2D eigenvalue weighted by Gasteiger charge is -2.24. The van der Waals surface area contributed by atoms with E-state index in [1.807, 2.05) is 24.2 Å². The summed E-state index contributed by atoms with van der Waals surface area (Å²) in [5.41, 5.74) is 2.18. The van der Waals surface area contributed by atoms with Crippen LogP contribution in [0.3, 0.4) is 0 Å². The summed E-state index contributed by atoms with van der Waals surface area (Å²) in [5.74, 6) is -0.573. The summed E-state index contributed by atoms with van der Waals surface area (Å²) in [6.45, 7) is 0.690. The second kappa shape index (κ2) is 5.67. The topological polar surface area (TPSA) is 73.3 Å². The number of para-hydroxylation sites is 2. The molecule has 1 saturated heterocycles. The quantitative estimate of drug-likeness (QED) is 0.734. The molecule has 124 valence electrons. The first-order valence-electron chi connectivity index (χ1n) is 8.00. The fourth-order valence-electron chi connectivity index (χ4n) is 3.41. The number of carbonyl (C=O) groups is 1. The van der Waals surface area contributed by atoms with E-state index in [0.717, 1.165) is 18.4 Å². The van der Waals surface area contributed by atoms with Gasteiger partial charge in [-0.05, 0) is 25.0 Å². The standard InChI is InChI=1S/C17H18N4O3/c1-19-10-12(9-18-19)13-6-4-8-20(13)16(22)11-21-14-5-2-3-7-15(14)24-17(21)23/h2-3,5,7,9-10,13H,4,6,8,11H2,1H3/t13-/m1/s1. The number of rotatable bonds is 3. The molecule has 3 aromatic rings. The van der Waals surface area contributed by atoms with E-state index in [2.05, 4.69) is 5.10 Å². The highest BCUT2D eigenvalue weighted by molar-refractivity contribution is 5.80. The van der Waals surface area contributed by atoms with Crippen molar-refractivity contribution in [2.45, 2.75) is 25.4 Å². The zero-order valence-electron chi connectivity index (χ0n) is 13.4. The Balaban J connectivity index is 1.61. The average Bonchev–Trinajstić information content (AvgIpc) is 3.27. The molecule has 24 heavy (non-hydrogen) atoms. The summed E-state index contributed by atoms with van der Waals surface area (Å²) in [7, 11) is 1.86. The van der Waals surface area contributed by atoms with E-state index in [0.29, 0.717) is 17.6 Å². The molecule has 1 amide bonds. The maximum Gasteiger partial charge on any atom is 0.420 e. The van der Waals surface area contributed by atoms with Gasteiger partial charge in [-0.25, -0.2) is 4.79 Å². The Morgan fingerprint density at radius 3 is 3.00 bits per heavy atom. The van der Waals surface area contributed by atoms with Crippen molar-refractivity contribution in [3.8, 4) is 0 Å². The summed E-state index contributed by atoms with van der Waals surface area (Å²) >= 11 is 0. The molecule has 0 bridgehead atoms. The van der Waals surface area contributed by atoms with Crippen molar-refractivity contribution in [3.05, 3.63) is 52.8 Å². The zero-order valence-corrected chi connectivity index (χ0v) is 13.4. The number of benzene rings is 1. The third-order valence-corrected chi connectivity index (χ3v) is 4.55. The van der Waals surface area contributed by atoms with Crippen molar-refractivity contribution in [3.63, 3.8) is 0 Å². The zero-order chi connectivity index (χ0) is 16.7. The van der Waals surface area contributed by atoms with Crippen molar-refractivity contribution in [1.29, 1.82) is 0 Å². The predicted octanol–water partition coefficient (Wildman–Crippen LogP) is 1.69. The first-order chi connectivity index (χ1) is 11.6. The Morgan fingerprint density at radius 1 is 1.38 bits per heavy atom. The van der Waals surface area contributed by atoms with Gasteiger partial charge in [-0.3, -0.25) is 14.0 Å². The fraction of sp³-hybridized carbons (Fsp3) is 0.353. The van der Waals surface area contributed by atoms with Gasteiger partial charge in [0.25, 0.3) is 0 Å². The lowest BCUT2D eigenvalue weighted by molar-refractivity contribution is -0.132. The van der Waals surface area contributed by atoms with Gasteiger partial charge in [0.15, 0.2) is 5.58 Å². The van der Waals surface area contributed by atoms with Crippen LogP contribution >= 0.6 is 0 Å². The highest BCUT2D eigenvalue weighted by Gasteiger charge is 2.31. The maximum absolute atomic E-state index is 12.8. The molecule has 1 aromatic carbocycles. The van der Waals surface area contributed by atoms with Crippen LogP contribution in [0.5, 0.6) is 0 Å². The normalized spacial score (nSPS) is 17.7. The lowest BCUT2D eigenvalue weighted by Crippen LogP contribution is -2.35. The third kappa shape index (κ3) is 2.42. The summed E-state index contributed by atoms with van der Waals surface area (Å²) < 4.78 is 8.34. The molecule has 0 N–H and O–H groups in total. The minimum Gasteiger partial charge on any atom is -0.408 e. The van der Waals surface area contributed by atoms with Crippen LogP contribution < -0.4 is 5.76 Å². The fourth-order valence-corrected chi connectivity index (χ4v) is 3.41. The molecular formula is C17H18N4O3. The molecule has 3 heterocycles. The Bertz CT molecular complexity index is 952. The molecular weight excluding hydrogens is 308 g/mol. The highest BCUT2D eigenvalue weighted by Crippen LogP contribution is 2.31. The van der Waals surface area contributed by atoms with E-state index in [1.165, 1.54) is 4.57 Å². The van der Waals surface area contributed by atoms with Crippen LogP contribution in [0.4, 0.5) is 0 Å². The van der Waals surface area contributed by atoms with Crippen LogP contribution in [0.25, 0.3) is 11.1 Å². The number of fused-ring (bicyclic) bond motifs is 1. The van der Waals surface area contributed by atoms with Gasteiger partial charge in [0, 0.05) is 25.4 Å². The number of nitrogens with zero attached hydrogens (tertiary/aromatic N) is 4. The number of hydrogen-bond acceptors (Lipinski definition) is 4. The Kier molecular flexibility index (Phi) is 3.48. The first kappa shape index (κ1) is 14.7. The Labute approximate surface area is 138 Å². The van der Waals surface area contributed by atoms with Gasteiger partial charge in [0.1, 0.15) is 6.54 Å². The number of amides is 1. The molecule has 0 unspecified atom stereocenters. The van der Waals surface area contributed by atoms with Gasteiger partial charge in [-0.15, -0.1) is 0 Å². The molecule has 0 saturated carbocycles. The summed E-state index contributed by atoms with van der Waals surface area (Å²) in [6, 6.07) is 7.17. The van der Waals surface area contributed by atoms with Gasteiger partial charge in [-0.1, -0.05) is 12.1 Å². The van der Waals surface area contributed by atoms with E-state index < -0.39 is 5.76 Å². The number of likely N-dealkylation sites (tertiary alicyclic amines) is 1. The number of hydrogen-bond donors (Lipinski definition) is 0. The van der Waals surface area contributed by atoms with Gasteiger partial charge in [0.2, 0.25) is 5.91 Å². The second-order valence-corrected chi connectivity index (χ2v) is 6.11. The van der Waals surface area contributed by atoms with Crippen molar-refractivity contribution in [2.24, 2.45) is 7.05 Å². The van der Waals surface area contributed by atoms with E-state index in [1.54, 1.807) is 29.1 Å². The number of carbonyl (C=O) groups excluding carboxylic acids is 1. The van der Waals surface area contributed by atoms with E-state index in [4.69, 9.17) is 4.42 Å². The highest BCUT2D eigenvalue weighted by atomic mass is 16.4. The summed E-state index contributed by atoms with van der Waals surface area (Å²) in [6.07, 6.45) is 5.61. The van der Waals surface area contributed by atoms with E-state index >= 15 is 0 Å². The van der Waals surface area contributed by atoms with Crippen LogP contribution in [-0.2, 0) is 18.4 Å². The van der Waals surface area contributed by atoms with Gasteiger partial charge in [-0.2, -0.15) is 5.10 Å². The molecule has 0 spiro atoms. The summed E-state index contributed by atoms with van der Waals surface area (Å²) in [4.78, 5) is 26.7. The van der Waals surface area contributed by atoms with Crippen LogP contribution in [0.2, 0.25) is 0 Å². The third-order valence-electron chi connectivity index (χ3n) is 4.55. The van der Waals surface area contributed by atoms with Crippen molar-refractivity contribution < 1.29 is 9.21 Å². The monoisotopic (exact) mass is 326 g/mol. The molecule has 1 atom stereocenters. The number of oxazole rings is 1. The minimum absolute atomic E-state index is 0.00733. The van der Waals surface area contributed by atoms with Crippen LogP contribution in [0.1, 0.15) is 24.4 Å². The average molecular weight is 326 g/mol. The van der Waals surface area contributed by atoms with Crippen LogP contribution in [-0.4, -0.2) is 31.7 Å². The van der Waals surface area contributed by atoms with Gasteiger partial charge < -0.3 is 9.32 Å². The van der Waals surface area contributed by atoms with Gasteiger partial charge >= 0.3 is 5.76 Å². The van der Waals surface area contributed by atoms with Crippen LogP contribution in [0, 0.1) is 0 Å². The molecule has 2 aromatic heterocycles. The second-order valence-electron chi connectivity index (χ2n) is 6.11. The van der Waals surface area contributed by atoms with Crippen molar-refractivity contribution >= 4 is 17.0 Å². The van der Waals surface area contributed by atoms with Gasteiger partial charge in [0.05, 0.1) is 17.8 Å². The maximum atomic E-state index is 12.8. The smallest absolute Gasteiger partial charge is 0.408 e. The number of aryl methyl sites for hydroxylation is 1. The van der Waals surface area contributed by atoms with Crippen molar-refractivity contribution in [2.75, 3.05) is 6.54 Å². The number of aromatic nitrogens is 3. The molecule has 0 aliphatic carbocycles. The van der Waals surface area contributed by atoms with Crippen molar-refractivity contribution in [1.82, 2.24) is 19.2 Å². The van der Waals surface area contributed by atoms with E-state index in [-0.39, 0.29) is 18.5 Å². The SMILES string of the molecule is Cn1cc([C@H]2CCCN2C(=O)Cn2c(=O)oc3ccccc32)cn1. The molecule has 1 fully saturated rings. The largest absolute Gasteiger partial charge is 0.420 e. The Morgan fingerprint density at radius 2 is 2.21 bits per heavy atom. The molecule has 1 aliphatic heterocycles. The minimum atomic E-state index is -0.498. The Hall–Kier alpha value is -2.83. The predicted molar refractivity (Wildman–Crippen MR) is 87.4 cm³/mol. The van der Waals surface area contributed by atoms with Crippen LogP contribution in [0.15, 0.2) is 45.9 Å². The molecule has 7 nitrogen and oxygen atoms in total. The molecule has 4 rings (SSSR count). The molecule has 0 radical (unpaired) electrons. The lowest BCUT2D eigenvalue weighted by atomic mass is 10.1. The first-order valence-corrected chi connectivity index (χ1v) is 8.00.